The van der Waals surface area contributed by atoms with E-state index >= 15 is 0 Å². The average molecular weight is 441 g/mol. The molecule has 31 heavy (non-hydrogen) atoms. The third-order valence-corrected chi connectivity index (χ3v) is 7.70. The molecule has 1 aliphatic heterocycles. The molecular weight excluding hydrogens is 412 g/mol. The van der Waals surface area contributed by atoms with Gasteiger partial charge in [-0.15, -0.1) is 0 Å². The molecule has 6 nitrogen and oxygen atoms in total. The quantitative estimate of drug-likeness (QED) is 0.608. The third kappa shape index (κ3) is 3.35. The molecule has 7 heteroatoms. The normalized spacial score (nSPS) is 28.1. The van der Waals surface area contributed by atoms with Crippen molar-refractivity contribution in [3.63, 3.8) is 0 Å². The smallest absolute Gasteiger partial charge is 0.229 e. The number of benzene rings is 2. The third-order valence-electron chi connectivity index (χ3n) is 7.09. The van der Waals surface area contributed by atoms with Gasteiger partial charge in [0.15, 0.2) is 0 Å². The number of hydrogen-bond donors (Lipinski definition) is 2. The Labute approximate surface area is 183 Å². The van der Waals surface area contributed by atoms with Gasteiger partial charge in [-0.25, -0.2) is 8.42 Å². The molecule has 3 unspecified atom stereocenters. The molecule has 2 N–H and O–H groups in total. The Hall–Kier alpha value is -2.35. The Kier molecular flexibility index (Phi) is 4.88. The van der Waals surface area contributed by atoms with Crippen LogP contribution in [0.1, 0.15) is 24.2 Å². The SMILES string of the molecule is COC1(c2cccc(NS(C)(=O)=O)c2)C2CCC1(Cc1cc3ccccc3o1)CNC2. The Morgan fingerprint density at radius 2 is 2.03 bits per heavy atom. The molecule has 2 aromatic carbocycles. The summed E-state index contributed by atoms with van der Waals surface area (Å²) in [6, 6.07) is 17.9. The summed E-state index contributed by atoms with van der Waals surface area (Å²) in [4.78, 5) is 0. The van der Waals surface area contributed by atoms with Crippen molar-refractivity contribution in [1.29, 1.82) is 0 Å². The van der Waals surface area contributed by atoms with Gasteiger partial charge >= 0.3 is 0 Å². The van der Waals surface area contributed by atoms with Crippen LogP contribution in [-0.2, 0) is 26.8 Å². The summed E-state index contributed by atoms with van der Waals surface area (Å²) in [7, 11) is -1.57. The van der Waals surface area contributed by atoms with Gasteiger partial charge in [0.2, 0.25) is 10.0 Å². The van der Waals surface area contributed by atoms with Crippen LogP contribution in [-0.4, -0.2) is 34.9 Å². The lowest BCUT2D eigenvalue weighted by molar-refractivity contribution is -0.144. The molecule has 1 aromatic heterocycles. The highest BCUT2D eigenvalue weighted by Crippen LogP contribution is 2.61. The van der Waals surface area contributed by atoms with Crippen molar-refractivity contribution in [2.75, 3.05) is 31.2 Å². The van der Waals surface area contributed by atoms with Crippen LogP contribution in [0, 0.1) is 11.3 Å². The van der Waals surface area contributed by atoms with Crippen molar-refractivity contribution >= 4 is 26.7 Å². The number of anilines is 1. The van der Waals surface area contributed by atoms with Crippen LogP contribution in [0.4, 0.5) is 5.69 Å². The summed E-state index contributed by atoms with van der Waals surface area (Å²) in [6.45, 7) is 1.69. The summed E-state index contributed by atoms with van der Waals surface area (Å²) in [5, 5.41) is 4.73. The minimum atomic E-state index is -3.36. The zero-order valence-electron chi connectivity index (χ0n) is 17.9. The monoisotopic (exact) mass is 440 g/mol. The van der Waals surface area contributed by atoms with Crippen LogP contribution < -0.4 is 10.0 Å². The van der Waals surface area contributed by atoms with Crippen molar-refractivity contribution in [3.8, 4) is 0 Å². The summed E-state index contributed by atoms with van der Waals surface area (Å²) in [5.41, 5.74) is 1.76. The second kappa shape index (κ2) is 7.36. The van der Waals surface area contributed by atoms with Crippen LogP contribution in [0.15, 0.2) is 59.0 Å². The number of methoxy groups -OCH3 is 1. The van der Waals surface area contributed by atoms with Gasteiger partial charge in [-0.1, -0.05) is 30.3 Å². The highest BCUT2D eigenvalue weighted by molar-refractivity contribution is 7.92. The van der Waals surface area contributed by atoms with E-state index in [9.17, 15) is 8.42 Å². The number of para-hydroxylation sites is 1. The summed E-state index contributed by atoms with van der Waals surface area (Å²) >= 11 is 0. The van der Waals surface area contributed by atoms with Crippen LogP contribution in [0.3, 0.4) is 0 Å². The summed E-state index contributed by atoms with van der Waals surface area (Å²) < 4.78 is 38.9. The van der Waals surface area contributed by atoms with E-state index in [4.69, 9.17) is 9.15 Å². The molecule has 164 valence electrons. The van der Waals surface area contributed by atoms with Gasteiger partial charge in [-0.05, 0) is 42.7 Å². The summed E-state index contributed by atoms with van der Waals surface area (Å²) in [6.07, 6.45) is 3.98. The maximum absolute atomic E-state index is 11.8. The predicted octanol–water partition coefficient (Wildman–Crippen LogP) is 3.89. The van der Waals surface area contributed by atoms with Crippen LogP contribution in [0.5, 0.6) is 0 Å². The van der Waals surface area contributed by atoms with E-state index < -0.39 is 15.6 Å². The molecule has 1 aliphatic carbocycles. The molecule has 3 aromatic rings. The number of fused-ring (bicyclic) bond motifs is 3. The Morgan fingerprint density at radius 1 is 1.19 bits per heavy atom. The van der Waals surface area contributed by atoms with Crippen LogP contribution in [0.2, 0.25) is 0 Å². The zero-order valence-corrected chi connectivity index (χ0v) is 18.7. The van der Waals surface area contributed by atoms with Crippen LogP contribution in [0.25, 0.3) is 11.0 Å². The molecule has 2 aliphatic rings. The number of rotatable bonds is 6. The van der Waals surface area contributed by atoms with Gasteiger partial charge in [0, 0.05) is 49.0 Å². The fraction of sp³-hybridized carbons (Fsp3) is 0.417. The molecule has 1 saturated heterocycles. The Bertz CT molecular complexity index is 1180. The first kappa shape index (κ1) is 20.5. The van der Waals surface area contributed by atoms with Gasteiger partial charge < -0.3 is 14.5 Å². The van der Waals surface area contributed by atoms with Gasteiger partial charge in [0.1, 0.15) is 16.9 Å². The number of ether oxygens (including phenoxy) is 1. The minimum absolute atomic E-state index is 0.192. The highest BCUT2D eigenvalue weighted by atomic mass is 32.2. The van der Waals surface area contributed by atoms with Crippen molar-refractivity contribution in [3.05, 3.63) is 65.9 Å². The number of furan rings is 1. The molecule has 5 rings (SSSR count). The number of nitrogens with one attached hydrogen (secondary N) is 2. The van der Waals surface area contributed by atoms with Gasteiger partial charge in [0.05, 0.1) is 6.26 Å². The van der Waals surface area contributed by atoms with Gasteiger partial charge in [0.25, 0.3) is 0 Å². The predicted molar refractivity (Wildman–Crippen MR) is 122 cm³/mol. The van der Waals surface area contributed by atoms with Gasteiger partial charge in [-0.3, -0.25) is 4.72 Å². The second-order valence-electron chi connectivity index (χ2n) is 8.97. The minimum Gasteiger partial charge on any atom is -0.461 e. The standard InChI is InChI=1S/C24H28N2O4S/c1-29-24(18-7-5-8-20(13-18)26-31(2,27)28)19-10-11-23(24,16-25-15-19)14-21-12-17-6-3-4-9-22(17)30-21/h3-9,12-13,19,25-26H,10-11,14-16H2,1-2H3. The van der Waals surface area contributed by atoms with Crippen molar-refractivity contribution < 1.29 is 17.6 Å². The van der Waals surface area contributed by atoms with E-state index in [0.29, 0.717) is 11.6 Å². The lowest BCUT2D eigenvalue weighted by Gasteiger charge is -2.51. The first-order chi connectivity index (χ1) is 14.9. The topological polar surface area (TPSA) is 80.6 Å². The van der Waals surface area contributed by atoms with E-state index in [0.717, 1.165) is 54.6 Å². The number of piperidine rings is 1. The van der Waals surface area contributed by atoms with Crippen molar-refractivity contribution in [1.82, 2.24) is 5.32 Å². The molecule has 0 spiro atoms. The first-order valence-corrected chi connectivity index (χ1v) is 12.6. The van der Waals surface area contributed by atoms with E-state index in [1.54, 1.807) is 13.2 Å². The van der Waals surface area contributed by atoms with E-state index in [1.807, 2.05) is 30.3 Å². The number of hydrogen-bond acceptors (Lipinski definition) is 5. The second-order valence-corrected chi connectivity index (χ2v) is 10.7. The van der Waals surface area contributed by atoms with Gasteiger partial charge in [-0.2, -0.15) is 0 Å². The van der Waals surface area contributed by atoms with E-state index in [1.165, 1.54) is 6.26 Å². The molecule has 2 bridgehead atoms. The van der Waals surface area contributed by atoms with E-state index in [2.05, 4.69) is 28.2 Å². The first-order valence-electron chi connectivity index (χ1n) is 10.7. The van der Waals surface area contributed by atoms with Crippen molar-refractivity contribution in [2.45, 2.75) is 24.9 Å². The zero-order chi connectivity index (χ0) is 21.7. The largest absolute Gasteiger partial charge is 0.461 e. The summed E-state index contributed by atoms with van der Waals surface area (Å²) in [5.74, 6) is 1.25. The fourth-order valence-electron chi connectivity index (χ4n) is 6.03. The van der Waals surface area contributed by atoms with Crippen molar-refractivity contribution in [2.24, 2.45) is 11.3 Å². The van der Waals surface area contributed by atoms with E-state index in [-0.39, 0.29) is 5.41 Å². The molecule has 0 amide bonds. The van der Waals surface area contributed by atoms with Crippen LogP contribution >= 0.6 is 0 Å². The number of sulfonamides is 1. The maximum Gasteiger partial charge on any atom is 0.229 e. The lowest BCUT2D eigenvalue weighted by Crippen LogP contribution is -2.59. The fourth-order valence-corrected chi connectivity index (χ4v) is 6.59. The molecular formula is C24H28N2O4S. The molecule has 2 heterocycles. The lowest BCUT2D eigenvalue weighted by atomic mass is 9.63. The molecule has 2 fully saturated rings. The Balaban J connectivity index is 1.59. The molecule has 0 radical (unpaired) electrons. The average Bonchev–Trinajstić information content (AvgIpc) is 3.18. The Morgan fingerprint density at radius 3 is 2.81 bits per heavy atom. The maximum atomic E-state index is 11.8. The molecule has 3 atom stereocenters. The molecule has 1 saturated carbocycles. The highest BCUT2D eigenvalue weighted by Gasteiger charge is 2.63.